The van der Waals surface area contributed by atoms with Crippen LogP contribution in [0.2, 0.25) is 0 Å². The summed E-state index contributed by atoms with van der Waals surface area (Å²) in [7, 11) is 0. The molecule has 1 atom stereocenters. The quantitative estimate of drug-likeness (QED) is 0.511. The van der Waals surface area contributed by atoms with Gasteiger partial charge in [0.05, 0.1) is 17.1 Å². The highest BCUT2D eigenvalue weighted by Gasteiger charge is 2.32. The van der Waals surface area contributed by atoms with Gasteiger partial charge in [-0.3, -0.25) is 10.1 Å². The van der Waals surface area contributed by atoms with Crippen molar-refractivity contribution in [3.63, 3.8) is 0 Å². The number of carbonyl (C=O) groups excluding carboxylic acids is 1. The number of piperazine rings is 1. The second kappa shape index (κ2) is 6.53. The summed E-state index contributed by atoms with van der Waals surface area (Å²) in [6.07, 6.45) is 0. The molecular formula is C14H19N3O4. The number of esters is 1. The second-order valence-corrected chi connectivity index (χ2v) is 4.84. The summed E-state index contributed by atoms with van der Waals surface area (Å²) < 4.78 is 5.10. The van der Waals surface area contributed by atoms with Crippen LogP contribution in [0.5, 0.6) is 0 Å². The molecule has 7 nitrogen and oxygen atoms in total. The molecule has 1 heterocycles. The number of rotatable bonds is 4. The summed E-state index contributed by atoms with van der Waals surface area (Å²) in [5.74, 6) is -0.310. The van der Waals surface area contributed by atoms with Crippen LogP contribution in [0.1, 0.15) is 12.5 Å². The van der Waals surface area contributed by atoms with Gasteiger partial charge in [-0.1, -0.05) is 6.07 Å². The number of nitrogens with one attached hydrogen (secondary N) is 1. The number of benzene rings is 1. The molecule has 1 aliphatic heterocycles. The summed E-state index contributed by atoms with van der Waals surface area (Å²) in [6, 6.07) is 4.46. The molecule has 0 spiro atoms. The van der Waals surface area contributed by atoms with E-state index in [4.69, 9.17) is 4.74 Å². The lowest BCUT2D eigenvalue weighted by Crippen LogP contribution is -2.55. The van der Waals surface area contributed by atoms with Crippen molar-refractivity contribution in [1.29, 1.82) is 0 Å². The minimum Gasteiger partial charge on any atom is -0.464 e. The fraction of sp³-hybridized carbons (Fsp3) is 0.500. The van der Waals surface area contributed by atoms with E-state index in [-0.39, 0.29) is 11.7 Å². The van der Waals surface area contributed by atoms with Gasteiger partial charge in [0.15, 0.2) is 0 Å². The Morgan fingerprint density at radius 1 is 1.57 bits per heavy atom. The summed E-state index contributed by atoms with van der Waals surface area (Å²) in [5.41, 5.74) is 1.34. The lowest BCUT2D eigenvalue weighted by Gasteiger charge is -2.36. The number of hydrogen-bond donors (Lipinski definition) is 1. The molecular weight excluding hydrogens is 274 g/mol. The molecule has 1 unspecified atom stereocenters. The maximum atomic E-state index is 12.1. The molecule has 0 radical (unpaired) electrons. The summed E-state index contributed by atoms with van der Waals surface area (Å²) in [5, 5.41) is 14.2. The zero-order valence-electron chi connectivity index (χ0n) is 12.2. The lowest BCUT2D eigenvalue weighted by atomic mass is 10.1. The third-order valence-electron chi connectivity index (χ3n) is 3.58. The van der Waals surface area contributed by atoms with Gasteiger partial charge in [0.1, 0.15) is 6.04 Å². The summed E-state index contributed by atoms with van der Waals surface area (Å²) >= 11 is 0. The Kier molecular flexibility index (Phi) is 4.74. The van der Waals surface area contributed by atoms with E-state index in [0.29, 0.717) is 30.9 Å². The zero-order valence-corrected chi connectivity index (χ0v) is 12.2. The number of anilines is 1. The maximum Gasteiger partial charge on any atom is 0.330 e. The van der Waals surface area contributed by atoms with Crippen LogP contribution in [-0.2, 0) is 9.53 Å². The van der Waals surface area contributed by atoms with E-state index in [1.54, 1.807) is 26.0 Å². The third kappa shape index (κ3) is 3.13. The molecule has 2 rings (SSSR count). The molecule has 21 heavy (non-hydrogen) atoms. The standard InChI is InChI=1S/C14H19N3O4/c1-3-21-14(18)13-9-15-7-8-16(13)11-5-4-6-12(10(11)2)17(19)20/h4-6,13,15H,3,7-9H2,1-2H3. The Morgan fingerprint density at radius 3 is 3.00 bits per heavy atom. The number of hydrogen-bond acceptors (Lipinski definition) is 6. The van der Waals surface area contributed by atoms with Crippen LogP contribution in [-0.4, -0.2) is 43.2 Å². The first kappa shape index (κ1) is 15.2. The second-order valence-electron chi connectivity index (χ2n) is 4.84. The molecule has 1 aromatic carbocycles. The Labute approximate surface area is 123 Å². The van der Waals surface area contributed by atoms with Crippen molar-refractivity contribution in [2.45, 2.75) is 19.9 Å². The summed E-state index contributed by atoms with van der Waals surface area (Å²) in [6.45, 7) is 5.58. The molecule has 0 saturated carbocycles. The van der Waals surface area contributed by atoms with Crippen molar-refractivity contribution < 1.29 is 14.5 Å². The highest BCUT2D eigenvalue weighted by atomic mass is 16.6. The molecule has 7 heteroatoms. The number of carbonyl (C=O) groups is 1. The van der Waals surface area contributed by atoms with E-state index in [9.17, 15) is 14.9 Å². The molecule has 1 N–H and O–H groups in total. The van der Waals surface area contributed by atoms with E-state index in [0.717, 1.165) is 6.54 Å². The van der Waals surface area contributed by atoms with Gasteiger partial charge in [-0.15, -0.1) is 0 Å². The number of ether oxygens (including phenoxy) is 1. The number of nitro benzene ring substituents is 1. The van der Waals surface area contributed by atoms with Crippen molar-refractivity contribution in [3.05, 3.63) is 33.9 Å². The first-order valence-electron chi connectivity index (χ1n) is 6.94. The molecule has 1 aromatic rings. The van der Waals surface area contributed by atoms with Gasteiger partial charge < -0.3 is 15.0 Å². The largest absolute Gasteiger partial charge is 0.464 e. The zero-order chi connectivity index (χ0) is 15.4. The van der Waals surface area contributed by atoms with Gasteiger partial charge in [0, 0.05) is 31.4 Å². The number of nitro groups is 1. The van der Waals surface area contributed by atoms with Crippen molar-refractivity contribution in [1.82, 2.24) is 5.32 Å². The predicted octanol–water partition coefficient (Wildman–Crippen LogP) is 1.24. The van der Waals surface area contributed by atoms with Gasteiger partial charge in [-0.25, -0.2) is 4.79 Å². The fourth-order valence-electron chi connectivity index (χ4n) is 2.56. The van der Waals surface area contributed by atoms with Gasteiger partial charge in [-0.05, 0) is 19.9 Å². The molecule has 1 aliphatic rings. The average Bonchev–Trinajstić information content (AvgIpc) is 2.47. The third-order valence-corrected chi connectivity index (χ3v) is 3.58. The fourth-order valence-corrected chi connectivity index (χ4v) is 2.56. The maximum absolute atomic E-state index is 12.1. The highest BCUT2D eigenvalue weighted by Crippen LogP contribution is 2.30. The summed E-state index contributed by atoms with van der Waals surface area (Å²) in [4.78, 5) is 24.6. The molecule has 1 fully saturated rings. The van der Waals surface area contributed by atoms with E-state index < -0.39 is 11.0 Å². The normalized spacial score (nSPS) is 18.4. The minimum absolute atomic E-state index is 0.0636. The Balaban J connectivity index is 2.35. The predicted molar refractivity (Wildman–Crippen MR) is 78.5 cm³/mol. The van der Waals surface area contributed by atoms with Crippen LogP contribution >= 0.6 is 0 Å². The van der Waals surface area contributed by atoms with Gasteiger partial charge in [0.2, 0.25) is 0 Å². The van der Waals surface area contributed by atoms with Crippen LogP contribution in [0.25, 0.3) is 0 Å². The van der Waals surface area contributed by atoms with Crippen LogP contribution in [0, 0.1) is 17.0 Å². The highest BCUT2D eigenvalue weighted by molar-refractivity contribution is 5.81. The Hall–Kier alpha value is -2.15. The average molecular weight is 293 g/mol. The van der Waals surface area contributed by atoms with Crippen LogP contribution in [0.3, 0.4) is 0 Å². The lowest BCUT2D eigenvalue weighted by molar-refractivity contribution is -0.385. The Morgan fingerprint density at radius 2 is 2.33 bits per heavy atom. The minimum atomic E-state index is -0.459. The molecule has 0 bridgehead atoms. The van der Waals surface area contributed by atoms with Gasteiger partial charge >= 0.3 is 5.97 Å². The van der Waals surface area contributed by atoms with Crippen LogP contribution < -0.4 is 10.2 Å². The molecule has 0 aromatic heterocycles. The van der Waals surface area contributed by atoms with Gasteiger partial charge in [-0.2, -0.15) is 0 Å². The molecule has 1 saturated heterocycles. The van der Waals surface area contributed by atoms with E-state index in [2.05, 4.69) is 5.32 Å². The SMILES string of the molecule is CCOC(=O)C1CNCCN1c1cccc([N+](=O)[O-])c1C. The monoisotopic (exact) mass is 293 g/mol. The van der Waals surface area contributed by atoms with Crippen molar-refractivity contribution >= 4 is 17.3 Å². The van der Waals surface area contributed by atoms with E-state index in [1.807, 2.05) is 4.90 Å². The van der Waals surface area contributed by atoms with E-state index in [1.165, 1.54) is 6.07 Å². The molecule has 114 valence electrons. The van der Waals surface area contributed by atoms with Crippen molar-refractivity contribution in [2.75, 3.05) is 31.1 Å². The van der Waals surface area contributed by atoms with Crippen molar-refractivity contribution in [2.24, 2.45) is 0 Å². The smallest absolute Gasteiger partial charge is 0.330 e. The Bertz CT molecular complexity index is 547. The first-order valence-corrected chi connectivity index (χ1v) is 6.94. The molecule has 0 aliphatic carbocycles. The molecule has 0 amide bonds. The number of nitrogens with zero attached hydrogens (tertiary/aromatic N) is 2. The topological polar surface area (TPSA) is 84.7 Å². The first-order chi connectivity index (χ1) is 10.1. The van der Waals surface area contributed by atoms with Crippen LogP contribution in [0.4, 0.5) is 11.4 Å². The van der Waals surface area contributed by atoms with Gasteiger partial charge in [0.25, 0.3) is 5.69 Å². The van der Waals surface area contributed by atoms with Crippen LogP contribution in [0.15, 0.2) is 18.2 Å². The van der Waals surface area contributed by atoms with Crippen molar-refractivity contribution in [3.8, 4) is 0 Å². The van der Waals surface area contributed by atoms with E-state index >= 15 is 0 Å².